The fourth-order valence-corrected chi connectivity index (χ4v) is 2.96. The molecule has 102 valence electrons. The molecule has 3 rings (SSSR count). The normalized spacial score (nSPS) is 11.2. The average molecular weight is 284 g/mol. The number of hydrogen-bond donors (Lipinski definition) is 0. The van der Waals surface area contributed by atoms with E-state index in [1.54, 1.807) is 0 Å². The van der Waals surface area contributed by atoms with Gasteiger partial charge in [0.15, 0.2) is 0 Å². The van der Waals surface area contributed by atoms with Crippen molar-refractivity contribution in [2.24, 2.45) is 0 Å². The van der Waals surface area contributed by atoms with Gasteiger partial charge < -0.3 is 0 Å². The Morgan fingerprint density at radius 1 is 0.750 bits per heavy atom. The Balaban J connectivity index is 2.08. The van der Waals surface area contributed by atoms with Crippen LogP contribution in [0.3, 0.4) is 0 Å². The molecule has 1 aromatic heterocycles. The van der Waals surface area contributed by atoms with Crippen molar-refractivity contribution in [1.29, 1.82) is 0 Å². The van der Waals surface area contributed by atoms with E-state index < -0.39 is 0 Å². The van der Waals surface area contributed by atoms with Crippen LogP contribution in [0.1, 0.15) is 24.8 Å². The lowest BCUT2D eigenvalue weighted by atomic mass is 9.98. The highest BCUT2D eigenvalue weighted by molar-refractivity contribution is 6.17. The number of para-hydroxylation sites is 2. The fraction of sp³-hybridized carbons (Fsp3) is 0.278. The average Bonchev–Trinajstić information content (AvgIpc) is 2.50. The molecule has 0 unspecified atom stereocenters. The zero-order valence-electron chi connectivity index (χ0n) is 11.5. The van der Waals surface area contributed by atoms with Crippen LogP contribution in [0.15, 0.2) is 48.5 Å². The van der Waals surface area contributed by atoms with E-state index in [4.69, 9.17) is 16.6 Å². The first-order chi connectivity index (χ1) is 9.90. The highest BCUT2D eigenvalue weighted by Gasteiger charge is 2.07. The van der Waals surface area contributed by atoms with Crippen molar-refractivity contribution in [1.82, 2.24) is 4.98 Å². The van der Waals surface area contributed by atoms with E-state index >= 15 is 0 Å². The van der Waals surface area contributed by atoms with Crippen LogP contribution in [0.4, 0.5) is 0 Å². The van der Waals surface area contributed by atoms with Gasteiger partial charge in [-0.3, -0.25) is 0 Å². The number of alkyl halides is 1. The molecule has 0 N–H and O–H groups in total. The van der Waals surface area contributed by atoms with Crippen LogP contribution in [0.25, 0.3) is 21.8 Å². The molecule has 0 aliphatic rings. The maximum Gasteiger partial charge on any atom is 0.0712 e. The molecule has 0 radical (unpaired) electrons. The molecule has 20 heavy (non-hydrogen) atoms. The van der Waals surface area contributed by atoms with Gasteiger partial charge in [0.2, 0.25) is 0 Å². The number of halogens is 1. The molecule has 0 saturated carbocycles. The number of benzene rings is 2. The minimum absolute atomic E-state index is 0.762. The zero-order valence-corrected chi connectivity index (χ0v) is 12.2. The molecule has 0 spiro atoms. The van der Waals surface area contributed by atoms with Crippen LogP contribution < -0.4 is 0 Å². The zero-order chi connectivity index (χ0) is 13.8. The third kappa shape index (κ3) is 2.64. The number of unbranched alkanes of at least 4 members (excludes halogenated alkanes) is 2. The summed E-state index contributed by atoms with van der Waals surface area (Å²) >= 11 is 5.76. The number of aromatic nitrogens is 1. The van der Waals surface area contributed by atoms with Gasteiger partial charge in [0.05, 0.1) is 11.0 Å². The van der Waals surface area contributed by atoms with Gasteiger partial charge in [-0.15, -0.1) is 11.6 Å². The Morgan fingerprint density at radius 2 is 1.35 bits per heavy atom. The first kappa shape index (κ1) is 13.4. The highest BCUT2D eigenvalue weighted by atomic mass is 35.5. The van der Waals surface area contributed by atoms with Gasteiger partial charge >= 0.3 is 0 Å². The van der Waals surface area contributed by atoms with Crippen LogP contribution >= 0.6 is 11.6 Å². The van der Waals surface area contributed by atoms with Crippen LogP contribution in [-0.4, -0.2) is 10.9 Å². The van der Waals surface area contributed by atoms with Crippen molar-refractivity contribution in [3.05, 3.63) is 54.1 Å². The Morgan fingerprint density at radius 3 is 1.95 bits per heavy atom. The summed E-state index contributed by atoms with van der Waals surface area (Å²) in [7, 11) is 0. The van der Waals surface area contributed by atoms with Crippen LogP contribution in [0.2, 0.25) is 0 Å². The molecule has 0 aliphatic carbocycles. The number of hydrogen-bond acceptors (Lipinski definition) is 1. The molecule has 1 heterocycles. The Bertz CT molecular complexity index is 667. The molecule has 2 aromatic carbocycles. The van der Waals surface area contributed by atoms with E-state index in [1.165, 1.54) is 29.2 Å². The summed E-state index contributed by atoms with van der Waals surface area (Å²) in [5, 5.41) is 2.58. The molecule has 0 saturated heterocycles. The number of fused-ring (bicyclic) bond motifs is 2. The topological polar surface area (TPSA) is 12.9 Å². The predicted octanol–water partition coefficient (Wildman–Crippen LogP) is 5.34. The van der Waals surface area contributed by atoms with E-state index in [0.717, 1.165) is 29.8 Å². The summed E-state index contributed by atoms with van der Waals surface area (Å²) < 4.78 is 0. The van der Waals surface area contributed by atoms with Gasteiger partial charge in [0.1, 0.15) is 0 Å². The third-order valence-corrected chi connectivity index (χ3v) is 4.03. The fourth-order valence-electron chi connectivity index (χ4n) is 2.77. The maximum atomic E-state index is 5.76. The maximum absolute atomic E-state index is 5.76. The van der Waals surface area contributed by atoms with E-state index in [2.05, 4.69) is 48.5 Å². The van der Waals surface area contributed by atoms with Crippen LogP contribution in [0.5, 0.6) is 0 Å². The quantitative estimate of drug-likeness (QED) is 0.350. The van der Waals surface area contributed by atoms with Crippen molar-refractivity contribution in [3.63, 3.8) is 0 Å². The van der Waals surface area contributed by atoms with E-state index in [1.807, 2.05) is 0 Å². The predicted molar refractivity (Wildman–Crippen MR) is 87.5 cm³/mol. The van der Waals surface area contributed by atoms with Gasteiger partial charge in [0.25, 0.3) is 0 Å². The number of pyridine rings is 1. The summed E-state index contributed by atoms with van der Waals surface area (Å²) in [5.41, 5.74) is 3.62. The molecule has 2 heteroatoms. The molecule has 0 bridgehead atoms. The number of nitrogens with zero attached hydrogens (tertiary/aromatic N) is 1. The second-order valence-electron chi connectivity index (χ2n) is 5.12. The monoisotopic (exact) mass is 283 g/mol. The molecular weight excluding hydrogens is 266 g/mol. The second kappa shape index (κ2) is 6.23. The molecule has 1 nitrogen and oxygen atoms in total. The number of rotatable bonds is 5. The largest absolute Gasteiger partial charge is 0.248 e. The van der Waals surface area contributed by atoms with Crippen molar-refractivity contribution in [2.75, 3.05) is 5.88 Å². The molecule has 0 amide bonds. The minimum atomic E-state index is 0.762. The van der Waals surface area contributed by atoms with Crippen molar-refractivity contribution < 1.29 is 0 Å². The van der Waals surface area contributed by atoms with Gasteiger partial charge in [0, 0.05) is 16.7 Å². The standard InChI is InChI=1S/C18H18ClN/c19-13-7-1-2-8-14-15-9-3-5-11-17(15)20-18-12-6-4-10-16(14)18/h3-6,9-12H,1-2,7-8,13H2. The third-order valence-electron chi connectivity index (χ3n) is 3.76. The highest BCUT2D eigenvalue weighted by Crippen LogP contribution is 2.27. The minimum Gasteiger partial charge on any atom is -0.248 e. The summed E-state index contributed by atoms with van der Waals surface area (Å²) in [6.07, 6.45) is 4.57. The lowest BCUT2D eigenvalue weighted by Gasteiger charge is -2.10. The van der Waals surface area contributed by atoms with Crippen molar-refractivity contribution in [3.8, 4) is 0 Å². The summed E-state index contributed by atoms with van der Waals surface area (Å²) in [6, 6.07) is 16.9. The first-order valence-electron chi connectivity index (χ1n) is 7.22. The lowest BCUT2D eigenvalue weighted by molar-refractivity contribution is 0.725. The number of aryl methyl sites for hydroxylation is 1. The Hall–Kier alpha value is -1.60. The summed E-state index contributed by atoms with van der Waals surface area (Å²) in [6.45, 7) is 0. The molecule has 0 atom stereocenters. The van der Waals surface area contributed by atoms with Gasteiger partial charge in [-0.05, 0) is 37.0 Å². The van der Waals surface area contributed by atoms with E-state index in [9.17, 15) is 0 Å². The second-order valence-corrected chi connectivity index (χ2v) is 5.50. The summed E-state index contributed by atoms with van der Waals surface area (Å²) in [5.74, 6) is 0.762. The molecule has 0 fully saturated rings. The Kier molecular flexibility index (Phi) is 4.17. The van der Waals surface area contributed by atoms with E-state index in [0.29, 0.717) is 0 Å². The van der Waals surface area contributed by atoms with Gasteiger partial charge in [-0.1, -0.05) is 42.8 Å². The van der Waals surface area contributed by atoms with Crippen molar-refractivity contribution in [2.45, 2.75) is 25.7 Å². The van der Waals surface area contributed by atoms with Gasteiger partial charge in [-0.25, -0.2) is 4.98 Å². The van der Waals surface area contributed by atoms with Crippen LogP contribution in [-0.2, 0) is 6.42 Å². The van der Waals surface area contributed by atoms with Gasteiger partial charge in [-0.2, -0.15) is 0 Å². The lowest BCUT2D eigenvalue weighted by Crippen LogP contribution is -1.93. The van der Waals surface area contributed by atoms with Crippen molar-refractivity contribution >= 4 is 33.4 Å². The molecule has 3 aromatic rings. The summed E-state index contributed by atoms with van der Waals surface area (Å²) in [4.78, 5) is 4.76. The van der Waals surface area contributed by atoms with Crippen LogP contribution in [0, 0.1) is 0 Å². The Labute approximate surface area is 124 Å². The SMILES string of the molecule is ClCCCCCc1c2ccccc2nc2ccccc12. The van der Waals surface area contributed by atoms with E-state index in [-0.39, 0.29) is 0 Å². The first-order valence-corrected chi connectivity index (χ1v) is 7.76. The molecular formula is C18H18ClN. The smallest absolute Gasteiger partial charge is 0.0712 e. The molecule has 0 aliphatic heterocycles.